The van der Waals surface area contributed by atoms with Gasteiger partial charge < -0.3 is 30.2 Å². The van der Waals surface area contributed by atoms with E-state index in [1.165, 1.54) is 13.0 Å². The molecule has 0 amide bonds. The highest BCUT2D eigenvalue weighted by Crippen LogP contribution is 2.35. The number of carboxylic acids is 2. The number of carbonyl (C=O) groups is 2. The van der Waals surface area contributed by atoms with Crippen LogP contribution in [-0.2, 0) is 9.59 Å². The van der Waals surface area contributed by atoms with Crippen molar-refractivity contribution in [1.29, 1.82) is 0 Å². The summed E-state index contributed by atoms with van der Waals surface area (Å²) in [4.78, 5) is 24.4. The van der Waals surface area contributed by atoms with Gasteiger partial charge in [0.2, 0.25) is 0 Å². The van der Waals surface area contributed by atoms with Crippen molar-refractivity contribution in [1.82, 2.24) is 15.1 Å². The van der Waals surface area contributed by atoms with E-state index >= 15 is 0 Å². The Morgan fingerprint density at radius 1 is 0.968 bits per heavy atom. The molecular formula is C21H26N4O6. The fourth-order valence-corrected chi connectivity index (χ4v) is 3.73. The Bertz CT molecular complexity index is 877. The zero-order valence-electron chi connectivity index (χ0n) is 17.1. The fraction of sp³-hybridized carbons (Fsp3) is 0.429. The average Bonchev–Trinajstić information content (AvgIpc) is 2.76. The number of aliphatic hydroxyl groups excluding tert-OH is 2. The maximum Gasteiger partial charge on any atom is 0.335 e. The SMILES string of the molecule is CN1CCC2CN(c3ccc(-c4ccccc4)nn3)C2C1.O=C(O)C(O)C(O)C(=O)O. The molecule has 4 atom stereocenters. The first-order chi connectivity index (χ1) is 14.8. The number of benzene rings is 1. The van der Waals surface area contributed by atoms with Gasteiger partial charge in [-0.05, 0) is 38.1 Å². The smallest absolute Gasteiger partial charge is 0.335 e. The van der Waals surface area contributed by atoms with Crippen LogP contribution in [0.3, 0.4) is 0 Å². The minimum Gasteiger partial charge on any atom is -0.479 e. The number of anilines is 1. The van der Waals surface area contributed by atoms with Crippen molar-refractivity contribution in [2.75, 3.05) is 31.6 Å². The monoisotopic (exact) mass is 430 g/mol. The number of likely N-dealkylation sites (tertiary alicyclic amines) is 1. The molecule has 166 valence electrons. The maximum absolute atomic E-state index is 9.77. The molecule has 31 heavy (non-hydrogen) atoms. The number of aliphatic carboxylic acids is 2. The number of carboxylic acid groups (broad SMARTS) is 2. The van der Waals surface area contributed by atoms with Crippen LogP contribution in [0.4, 0.5) is 5.82 Å². The van der Waals surface area contributed by atoms with Crippen LogP contribution in [0.5, 0.6) is 0 Å². The fourth-order valence-electron chi connectivity index (χ4n) is 3.73. The molecule has 2 saturated heterocycles. The summed E-state index contributed by atoms with van der Waals surface area (Å²) >= 11 is 0. The lowest BCUT2D eigenvalue weighted by Crippen LogP contribution is -2.64. The average molecular weight is 430 g/mol. The minimum absolute atomic E-state index is 0.626. The molecule has 2 aliphatic heterocycles. The van der Waals surface area contributed by atoms with Gasteiger partial charge in [0.25, 0.3) is 0 Å². The molecule has 2 fully saturated rings. The van der Waals surface area contributed by atoms with Crippen LogP contribution in [-0.4, -0.2) is 92.4 Å². The molecule has 10 heteroatoms. The first-order valence-electron chi connectivity index (χ1n) is 9.94. The van der Waals surface area contributed by atoms with Gasteiger partial charge in [0.1, 0.15) is 0 Å². The standard InChI is InChI=1S/C17H20N4.C4H6O6/c1-20-10-9-14-11-21(16(14)12-20)17-8-7-15(18-19-17)13-5-3-2-4-6-13;5-1(3(7)8)2(6)4(9)10/h2-8,14,16H,9-12H2,1H3;1-2,5-6H,(H,7,8)(H,9,10). The van der Waals surface area contributed by atoms with Gasteiger partial charge in [-0.1, -0.05) is 30.3 Å². The second-order valence-electron chi connectivity index (χ2n) is 7.74. The van der Waals surface area contributed by atoms with Crippen LogP contribution in [0.1, 0.15) is 6.42 Å². The van der Waals surface area contributed by atoms with E-state index in [2.05, 4.69) is 51.3 Å². The van der Waals surface area contributed by atoms with Gasteiger partial charge in [0.05, 0.1) is 5.69 Å². The normalized spacial score (nSPS) is 22.2. The zero-order valence-corrected chi connectivity index (χ0v) is 17.1. The Balaban J connectivity index is 0.000000233. The molecular weight excluding hydrogens is 404 g/mol. The topological polar surface area (TPSA) is 147 Å². The van der Waals surface area contributed by atoms with Crippen LogP contribution < -0.4 is 4.90 Å². The highest BCUT2D eigenvalue weighted by molar-refractivity contribution is 5.83. The number of likely N-dealkylation sites (N-methyl/N-ethyl adjacent to an activating group) is 1. The van der Waals surface area contributed by atoms with Gasteiger partial charge in [-0.15, -0.1) is 10.2 Å². The molecule has 1 aromatic heterocycles. The molecule has 10 nitrogen and oxygen atoms in total. The molecule has 0 saturated carbocycles. The van der Waals surface area contributed by atoms with Gasteiger partial charge in [0.15, 0.2) is 18.0 Å². The summed E-state index contributed by atoms with van der Waals surface area (Å²) in [5.41, 5.74) is 2.06. The second kappa shape index (κ2) is 9.82. The number of aliphatic hydroxyl groups is 2. The summed E-state index contributed by atoms with van der Waals surface area (Å²) in [6.45, 7) is 3.51. The molecule has 0 aliphatic carbocycles. The number of aromatic nitrogens is 2. The lowest BCUT2D eigenvalue weighted by Gasteiger charge is -2.53. The number of hydrogen-bond donors (Lipinski definition) is 4. The largest absolute Gasteiger partial charge is 0.479 e. The number of fused-ring (bicyclic) bond motifs is 1. The van der Waals surface area contributed by atoms with E-state index in [1.54, 1.807) is 0 Å². The van der Waals surface area contributed by atoms with Crippen LogP contribution >= 0.6 is 0 Å². The number of nitrogens with zero attached hydrogens (tertiary/aromatic N) is 4. The Labute approximate surface area is 179 Å². The van der Waals surface area contributed by atoms with Gasteiger partial charge in [-0.3, -0.25) is 0 Å². The third-order valence-corrected chi connectivity index (χ3v) is 5.58. The molecule has 0 radical (unpaired) electrons. The Kier molecular flexibility index (Phi) is 7.16. The highest BCUT2D eigenvalue weighted by Gasteiger charge is 2.42. The first kappa shape index (κ1) is 22.6. The van der Waals surface area contributed by atoms with E-state index in [1.807, 2.05) is 18.2 Å². The van der Waals surface area contributed by atoms with E-state index < -0.39 is 24.1 Å². The van der Waals surface area contributed by atoms with Crippen molar-refractivity contribution < 1.29 is 30.0 Å². The van der Waals surface area contributed by atoms with E-state index in [4.69, 9.17) is 20.4 Å². The molecule has 2 aliphatic rings. The number of rotatable bonds is 5. The first-order valence-corrected chi connectivity index (χ1v) is 9.94. The molecule has 1 aromatic carbocycles. The van der Waals surface area contributed by atoms with Gasteiger partial charge >= 0.3 is 11.9 Å². The molecule has 0 bridgehead atoms. The van der Waals surface area contributed by atoms with Crippen LogP contribution in [0.25, 0.3) is 11.3 Å². The molecule has 4 rings (SSSR count). The van der Waals surface area contributed by atoms with E-state index in [0.717, 1.165) is 36.1 Å². The van der Waals surface area contributed by atoms with Crippen molar-refractivity contribution >= 4 is 17.8 Å². The van der Waals surface area contributed by atoms with Crippen LogP contribution in [0.2, 0.25) is 0 Å². The Morgan fingerprint density at radius 2 is 1.61 bits per heavy atom. The quantitative estimate of drug-likeness (QED) is 0.517. The van der Waals surface area contributed by atoms with Crippen molar-refractivity contribution in [3.63, 3.8) is 0 Å². The van der Waals surface area contributed by atoms with Crippen molar-refractivity contribution in [2.24, 2.45) is 5.92 Å². The van der Waals surface area contributed by atoms with Gasteiger partial charge in [-0.2, -0.15) is 0 Å². The van der Waals surface area contributed by atoms with Crippen molar-refractivity contribution in [2.45, 2.75) is 24.7 Å². The third kappa shape index (κ3) is 5.35. The van der Waals surface area contributed by atoms with Gasteiger partial charge in [0, 0.05) is 24.7 Å². The summed E-state index contributed by atoms with van der Waals surface area (Å²) in [6.07, 6.45) is -3.22. The summed E-state index contributed by atoms with van der Waals surface area (Å²) in [6, 6.07) is 15.0. The molecule has 0 spiro atoms. The highest BCUT2D eigenvalue weighted by atomic mass is 16.4. The molecule has 4 N–H and O–H groups in total. The number of piperidine rings is 1. The van der Waals surface area contributed by atoms with Crippen molar-refractivity contribution in [3.8, 4) is 11.3 Å². The maximum atomic E-state index is 9.77. The third-order valence-electron chi connectivity index (χ3n) is 5.58. The van der Waals surface area contributed by atoms with E-state index in [-0.39, 0.29) is 0 Å². The van der Waals surface area contributed by atoms with E-state index in [9.17, 15) is 9.59 Å². The Hall–Kier alpha value is -3.08. The van der Waals surface area contributed by atoms with Crippen LogP contribution in [0, 0.1) is 5.92 Å². The lowest BCUT2D eigenvalue weighted by molar-refractivity contribution is -0.165. The predicted molar refractivity (Wildman–Crippen MR) is 111 cm³/mol. The summed E-state index contributed by atoms with van der Waals surface area (Å²) < 4.78 is 0. The number of hydrogen-bond acceptors (Lipinski definition) is 8. The molecule has 3 heterocycles. The minimum atomic E-state index is -2.27. The molecule has 2 aromatic rings. The Morgan fingerprint density at radius 3 is 2.16 bits per heavy atom. The zero-order chi connectivity index (χ0) is 22.5. The second-order valence-corrected chi connectivity index (χ2v) is 7.74. The van der Waals surface area contributed by atoms with E-state index in [0.29, 0.717) is 6.04 Å². The summed E-state index contributed by atoms with van der Waals surface area (Å²) in [5.74, 6) is -1.67. The molecule has 4 unspecified atom stereocenters. The summed E-state index contributed by atoms with van der Waals surface area (Å²) in [7, 11) is 2.21. The lowest BCUT2D eigenvalue weighted by atomic mass is 9.82. The van der Waals surface area contributed by atoms with Gasteiger partial charge in [-0.25, -0.2) is 9.59 Å². The predicted octanol–water partition coefficient (Wildman–Crippen LogP) is 0.161. The summed E-state index contributed by atoms with van der Waals surface area (Å²) in [5, 5.41) is 41.4. The van der Waals surface area contributed by atoms with Crippen molar-refractivity contribution in [3.05, 3.63) is 42.5 Å². The van der Waals surface area contributed by atoms with Crippen LogP contribution in [0.15, 0.2) is 42.5 Å².